The van der Waals surface area contributed by atoms with Crippen LogP contribution in [0.1, 0.15) is 6.42 Å². The number of aromatic nitrogens is 2. The molecule has 0 saturated heterocycles. The third-order valence-corrected chi connectivity index (χ3v) is 2.43. The highest BCUT2D eigenvalue weighted by molar-refractivity contribution is 6.30. The van der Waals surface area contributed by atoms with Gasteiger partial charge < -0.3 is 9.64 Å². The van der Waals surface area contributed by atoms with Crippen molar-refractivity contribution < 1.29 is 4.74 Å². The highest BCUT2D eigenvalue weighted by Gasteiger charge is 2.09. The van der Waals surface area contributed by atoms with Crippen molar-refractivity contribution in [2.24, 2.45) is 0 Å². The van der Waals surface area contributed by atoms with Crippen LogP contribution in [0.4, 0.5) is 0 Å². The monoisotopic (exact) mass is 245 g/mol. The van der Waals surface area contributed by atoms with Gasteiger partial charge in [-0.3, -0.25) is 9.36 Å². The average molecular weight is 246 g/mol. The third kappa shape index (κ3) is 3.21. The van der Waals surface area contributed by atoms with Gasteiger partial charge in [-0.05, 0) is 27.1 Å². The first-order valence-corrected chi connectivity index (χ1v) is 5.37. The van der Waals surface area contributed by atoms with Gasteiger partial charge in [0.15, 0.2) is 5.15 Å². The molecule has 5 nitrogen and oxygen atoms in total. The van der Waals surface area contributed by atoms with Crippen LogP contribution in [0.5, 0.6) is 5.75 Å². The summed E-state index contributed by atoms with van der Waals surface area (Å²) in [6.45, 7) is 1.52. The molecule has 0 N–H and O–H groups in total. The van der Waals surface area contributed by atoms with E-state index in [9.17, 15) is 4.79 Å². The standard InChI is InChI=1S/C10H16ClN3O2/c1-13(2)5-4-6-14-7-12-9(11)8(16-3)10(14)15/h7H,4-6H2,1-3H3. The summed E-state index contributed by atoms with van der Waals surface area (Å²) in [4.78, 5) is 17.8. The molecule has 1 aromatic rings. The normalized spacial score (nSPS) is 10.8. The van der Waals surface area contributed by atoms with Crippen LogP contribution in [0.25, 0.3) is 0 Å². The molecule has 1 aromatic heterocycles. The minimum absolute atomic E-state index is 0.106. The molecular formula is C10H16ClN3O2. The first-order valence-electron chi connectivity index (χ1n) is 5.00. The summed E-state index contributed by atoms with van der Waals surface area (Å²) in [7, 11) is 5.39. The van der Waals surface area contributed by atoms with Crippen LogP contribution < -0.4 is 10.3 Å². The van der Waals surface area contributed by atoms with Crippen molar-refractivity contribution in [3.8, 4) is 5.75 Å². The van der Waals surface area contributed by atoms with Crippen LogP contribution in [0, 0.1) is 0 Å². The van der Waals surface area contributed by atoms with Crippen LogP contribution in [0.15, 0.2) is 11.1 Å². The zero-order valence-electron chi connectivity index (χ0n) is 9.73. The summed E-state index contributed by atoms with van der Waals surface area (Å²) in [5, 5.41) is 0.108. The Morgan fingerprint density at radius 3 is 2.81 bits per heavy atom. The van der Waals surface area contributed by atoms with E-state index in [-0.39, 0.29) is 16.5 Å². The lowest BCUT2D eigenvalue weighted by Crippen LogP contribution is -2.24. The van der Waals surface area contributed by atoms with Crippen LogP contribution in [-0.2, 0) is 6.54 Å². The Bertz CT molecular complexity index is 404. The molecule has 0 amide bonds. The van der Waals surface area contributed by atoms with Crippen molar-refractivity contribution in [2.45, 2.75) is 13.0 Å². The largest absolute Gasteiger partial charge is 0.489 e. The van der Waals surface area contributed by atoms with Crippen molar-refractivity contribution in [3.05, 3.63) is 21.8 Å². The molecule has 0 aliphatic carbocycles. The van der Waals surface area contributed by atoms with E-state index in [0.29, 0.717) is 6.54 Å². The van der Waals surface area contributed by atoms with Crippen molar-refractivity contribution in [2.75, 3.05) is 27.7 Å². The lowest BCUT2D eigenvalue weighted by Gasteiger charge is -2.11. The molecule has 0 unspecified atom stereocenters. The SMILES string of the molecule is COc1c(Cl)ncn(CCCN(C)C)c1=O. The lowest BCUT2D eigenvalue weighted by molar-refractivity contribution is 0.375. The predicted octanol–water partition coefficient (Wildman–Crippen LogP) is 0.857. The van der Waals surface area contributed by atoms with Gasteiger partial charge in [0.2, 0.25) is 5.75 Å². The maximum atomic E-state index is 11.8. The van der Waals surface area contributed by atoms with Crippen molar-refractivity contribution in [1.82, 2.24) is 14.5 Å². The fourth-order valence-electron chi connectivity index (χ4n) is 1.34. The zero-order chi connectivity index (χ0) is 12.1. The molecule has 0 fully saturated rings. The molecule has 90 valence electrons. The second-order valence-electron chi connectivity index (χ2n) is 3.72. The van der Waals surface area contributed by atoms with E-state index in [4.69, 9.17) is 16.3 Å². The van der Waals surface area contributed by atoms with E-state index < -0.39 is 0 Å². The molecule has 0 aliphatic rings. The summed E-state index contributed by atoms with van der Waals surface area (Å²) in [5.74, 6) is 0.106. The van der Waals surface area contributed by atoms with Gasteiger partial charge in [0.1, 0.15) is 0 Å². The number of nitrogens with zero attached hydrogens (tertiary/aromatic N) is 3. The third-order valence-electron chi connectivity index (χ3n) is 2.16. The summed E-state index contributed by atoms with van der Waals surface area (Å²) in [6, 6.07) is 0. The number of ether oxygens (including phenoxy) is 1. The summed E-state index contributed by atoms with van der Waals surface area (Å²) in [5.41, 5.74) is -0.235. The Kier molecular flexibility index (Phi) is 4.76. The molecule has 0 spiro atoms. The lowest BCUT2D eigenvalue weighted by atomic mass is 10.4. The number of rotatable bonds is 5. The number of hydrogen-bond donors (Lipinski definition) is 0. The Morgan fingerprint density at radius 2 is 2.25 bits per heavy atom. The minimum atomic E-state index is -0.235. The van der Waals surface area contributed by atoms with Gasteiger partial charge in [-0.2, -0.15) is 0 Å². The molecule has 0 saturated carbocycles. The zero-order valence-corrected chi connectivity index (χ0v) is 10.5. The molecule has 1 rings (SSSR count). The molecule has 6 heteroatoms. The number of methoxy groups -OCH3 is 1. The number of halogens is 1. The van der Waals surface area contributed by atoms with Crippen LogP contribution in [0.2, 0.25) is 5.15 Å². The van der Waals surface area contributed by atoms with E-state index in [1.54, 1.807) is 0 Å². The molecular weight excluding hydrogens is 230 g/mol. The van der Waals surface area contributed by atoms with Gasteiger partial charge in [-0.1, -0.05) is 11.6 Å². The summed E-state index contributed by atoms with van der Waals surface area (Å²) < 4.78 is 6.41. The second kappa shape index (κ2) is 5.86. The van der Waals surface area contributed by atoms with Gasteiger partial charge in [-0.25, -0.2) is 4.98 Å². The topological polar surface area (TPSA) is 47.4 Å². The Hall–Kier alpha value is -1.07. The Balaban J connectivity index is 2.78. The van der Waals surface area contributed by atoms with Gasteiger partial charge in [0.05, 0.1) is 13.4 Å². The van der Waals surface area contributed by atoms with Crippen molar-refractivity contribution >= 4 is 11.6 Å². The van der Waals surface area contributed by atoms with E-state index in [1.807, 2.05) is 14.1 Å². The Labute approximate surface area is 99.6 Å². The van der Waals surface area contributed by atoms with E-state index >= 15 is 0 Å². The smallest absolute Gasteiger partial charge is 0.297 e. The number of aryl methyl sites for hydroxylation is 1. The molecule has 0 aliphatic heterocycles. The highest BCUT2D eigenvalue weighted by Crippen LogP contribution is 2.14. The summed E-state index contributed by atoms with van der Waals surface area (Å²) >= 11 is 5.73. The second-order valence-corrected chi connectivity index (χ2v) is 4.08. The van der Waals surface area contributed by atoms with Crippen LogP contribution in [0.3, 0.4) is 0 Å². The maximum absolute atomic E-state index is 11.8. The van der Waals surface area contributed by atoms with Gasteiger partial charge >= 0.3 is 0 Å². The van der Waals surface area contributed by atoms with E-state index in [1.165, 1.54) is 18.0 Å². The average Bonchev–Trinajstić information content (AvgIpc) is 2.22. The molecule has 1 heterocycles. The highest BCUT2D eigenvalue weighted by atomic mass is 35.5. The van der Waals surface area contributed by atoms with Crippen LogP contribution in [-0.4, -0.2) is 42.2 Å². The predicted molar refractivity (Wildman–Crippen MR) is 63.2 cm³/mol. The molecule has 0 bridgehead atoms. The molecule has 0 radical (unpaired) electrons. The first-order chi connectivity index (χ1) is 7.56. The van der Waals surface area contributed by atoms with Crippen molar-refractivity contribution in [3.63, 3.8) is 0 Å². The fourth-order valence-corrected chi connectivity index (χ4v) is 1.54. The molecule has 16 heavy (non-hydrogen) atoms. The van der Waals surface area contributed by atoms with E-state index in [2.05, 4.69) is 9.88 Å². The Morgan fingerprint density at radius 1 is 1.56 bits per heavy atom. The quantitative estimate of drug-likeness (QED) is 0.722. The first kappa shape index (κ1) is 13.0. The van der Waals surface area contributed by atoms with Crippen molar-refractivity contribution in [1.29, 1.82) is 0 Å². The maximum Gasteiger partial charge on any atom is 0.297 e. The van der Waals surface area contributed by atoms with E-state index in [0.717, 1.165) is 13.0 Å². The van der Waals surface area contributed by atoms with Gasteiger partial charge in [-0.15, -0.1) is 0 Å². The molecule has 0 atom stereocenters. The van der Waals surface area contributed by atoms with Gasteiger partial charge in [0, 0.05) is 6.54 Å². The number of hydrogen-bond acceptors (Lipinski definition) is 4. The minimum Gasteiger partial charge on any atom is -0.489 e. The molecule has 0 aromatic carbocycles. The van der Waals surface area contributed by atoms with Gasteiger partial charge in [0.25, 0.3) is 5.56 Å². The summed E-state index contributed by atoms with van der Waals surface area (Å²) in [6.07, 6.45) is 2.32. The van der Waals surface area contributed by atoms with Crippen LogP contribution >= 0.6 is 11.6 Å². The fraction of sp³-hybridized carbons (Fsp3) is 0.600.